The van der Waals surface area contributed by atoms with Gasteiger partial charge in [0, 0.05) is 6.04 Å². The van der Waals surface area contributed by atoms with E-state index in [1.165, 1.54) is 18.2 Å². The summed E-state index contributed by atoms with van der Waals surface area (Å²) in [7, 11) is 0. The van der Waals surface area contributed by atoms with Crippen molar-refractivity contribution in [1.82, 2.24) is 10.2 Å². The van der Waals surface area contributed by atoms with Gasteiger partial charge in [-0.05, 0) is 30.0 Å². The number of hydrogen-bond acceptors (Lipinski definition) is 3. The van der Waals surface area contributed by atoms with E-state index in [9.17, 15) is 18.8 Å². The normalized spacial score (nSPS) is 28.6. The van der Waals surface area contributed by atoms with E-state index in [2.05, 4.69) is 5.32 Å². The highest BCUT2D eigenvalue weighted by Crippen LogP contribution is 2.40. The summed E-state index contributed by atoms with van der Waals surface area (Å²) in [5.74, 6) is -2.64. The van der Waals surface area contributed by atoms with Crippen molar-refractivity contribution in [3.05, 3.63) is 35.6 Å². The highest BCUT2D eigenvalue weighted by Gasteiger charge is 2.51. The molecule has 3 rings (SSSR count). The molecule has 110 valence electrons. The summed E-state index contributed by atoms with van der Waals surface area (Å²) < 4.78 is 13.3. The van der Waals surface area contributed by atoms with Gasteiger partial charge in [0.15, 0.2) is 0 Å². The molecule has 1 aromatic rings. The number of amides is 4. The maximum atomic E-state index is 13.3. The highest BCUT2D eigenvalue weighted by atomic mass is 19.1. The van der Waals surface area contributed by atoms with Crippen LogP contribution in [-0.2, 0) is 9.59 Å². The zero-order valence-electron chi connectivity index (χ0n) is 11.5. The number of benzene rings is 1. The molecule has 0 spiro atoms. The van der Waals surface area contributed by atoms with Crippen LogP contribution in [0.5, 0.6) is 0 Å². The molecule has 4 amide bonds. The Kier molecular flexibility index (Phi) is 3.23. The van der Waals surface area contributed by atoms with Crippen molar-refractivity contribution in [3.63, 3.8) is 0 Å². The van der Waals surface area contributed by atoms with Crippen molar-refractivity contribution in [2.75, 3.05) is 0 Å². The Balaban J connectivity index is 1.92. The standard InChI is InChI=1S/C15H15FN2O3/c1-2-8-7-11(8)18-14(20)12(13(19)17-15(18)21)9-4-3-5-10(16)6-9/h3-6,8,11-12H,2,7H2,1H3,(H,17,19,21). The maximum absolute atomic E-state index is 13.3. The molecular formula is C15H15FN2O3. The summed E-state index contributed by atoms with van der Waals surface area (Å²) in [6.07, 6.45) is 1.64. The van der Waals surface area contributed by atoms with Gasteiger partial charge in [-0.25, -0.2) is 9.18 Å². The molecule has 0 radical (unpaired) electrons. The van der Waals surface area contributed by atoms with E-state index < -0.39 is 29.6 Å². The number of imide groups is 2. The minimum Gasteiger partial charge on any atom is -0.277 e. The molecule has 0 aromatic heterocycles. The predicted molar refractivity (Wildman–Crippen MR) is 71.7 cm³/mol. The quantitative estimate of drug-likeness (QED) is 0.863. The third-order valence-corrected chi connectivity index (χ3v) is 4.12. The summed E-state index contributed by atoms with van der Waals surface area (Å²) in [6, 6.07) is 4.54. The van der Waals surface area contributed by atoms with Gasteiger partial charge in [-0.1, -0.05) is 25.5 Å². The van der Waals surface area contributed by atoms with Gasteiger partial charge in [-0.15, -0.1) is 0 Å². The largest absolute Gasteiger partial charge is 0.331 e. The van der Waals surface area contributed by atoms with Crippen LogP contribution in [0, 0.1) is 11.7 Å². The number of halogens is 1. The number of rotatable bonds is 3. The Labute approximate surface area is 121 Å². The lowest BCUT2D eigenvalue weighted by Crippen LogP contribution is -2.57. The SMILES string of the molecule is CCC1CC1N1C(=O)NC(=O)C(c2cccc(F)c2)C1=O. The third-order valence-electron chi connectivity index (χ3n) is 4.12. The average Bonchev–Trinajstić information content (AvgIpc) is 3.17. The van der Waals surface area contributed by atoms with Gasteiger partial charge in [0.05, 0.1) is 0 Å². The Morgan fingerprint density at radius 1 is 1.33 bits per heavy atom. The summed E-state index contributed by atoms with van der Waals surface area (Å²) in [4.78, 5) is 37.5. The van der Waals surface area contributed by atoms with E-state index in [1.807, 2.05) is 6.92 Å². The maximum Gasteiger partial charge on any atom is 0.331 e. The van der Waals surface area contributed by atoms with Crippen LogP contribution in [0.25, 0.3) is 0 Å². The summed E-state index contributed by atoms with van der Waals surface area (Å²) in [5.41, 5.74) is 0.267. The van der Waals surface area contributed by atoms with Crippen LogP contribution in [0.1, 0.15) is 31.2 Å². The zero-order valence-corrected chi connectivity index (χ0v) is 11.5. The lowest BCUT2D eigenvalue weighted by Gasteiger charge is -2.30. The van der Waals surface area contributed by atoms with Gasteiger partial charge >= 0.3 is 6.03 Å². The Morgan fingerprint density at radius 3 is 2.71 bits per heavy atom. The van der Waals surface area contributed by atoms with E-state index in [1.54, 1.807) is 0 Å². The first kappa shape index (κ1) is 13.7. The van der Waals surface area contributed by atoms with E-state index in [-0.39, 0.29) is 11.6 Å². The lowest BCUT2D eigenvalue weighted by atomic mass is 9.95. The summed E-state index contributed by atoms with van der Waals surface area (Å²) in [6.45, 7) is 1.99. The second-order valence-corrected chi connectivity index (χ2v) is 5.46. The van der Waals surface area contributed by atoms with Gasteiger partial charge in [-0.2, -0.15) is 0 Å². The molecule has 3 atom stereocenters. The first-order chi connectivity index (χ1) is 10.0. The molecule has 1 aliphatic heterocycles. The molecule has 3 unspecified atom stereocenters. The molecule has 1 aliphatic carbocycles. The van der Waals surface area contributed by atoms with Crippen molar-refractivity contribution >= 4 is 17.8 Å². The number of urea groups is 1. The molecule has 1 heterocycles. The Bertz CT molecular complexity index is 631. The van der Waals surface area contributed by atoms with Gasteiger partial charge in [0.25, 0.3) is 0 Å². The van der Waals surface area contributed by atoms with E-state index in [0.29, 0.717) is 5.92 Å². The van der Waals surface area contributed by atoms with Gasteiger partial charge in [0.1, 0.15) is 11.7 Å². The number of carbonyl (C=O) groups is 3. The van der Waals surface area contributed by atoms with Crippen molar-refractivity contribution in [2.45, 2.75) is 31.7 Å². The number of barbiturate groups is 1. The van der Waals surface area contributed by atoms with Crippen LogP contribution in [0.3, 0.4) is 0 Å². The first-order valence-corrected chi connectivity index (χ1v) is 6.96. The van der Waals surface area contributed by atoms with E-state index >= 15 is 0 Å². The fourth-order valence-corrected chi connectivity index (χ4v) is 2.87. The van der Waals surface area contributed by atoms with Crippen LogP contribution in [0.15, 0.2) is 24.3 Å². The van der Waals surface area contributed by atoms with Gasteiger partial charge in [0.2, 0.25) is 11.8 Å². The molecule has 0 bridgehead atoms. The molecule has 1 saturated carbocycles. The minimum atomic E-state index is -1.16. The smallest absolute Gasteiger partial charge is 0.277 e. The molecule has 1 N–H and O–H groups in total. The molecule has 5 nitrogen and oxygen atoms in total. The summed E-state index contributed by atoms with van der Waals surface area (Å²) in [5, 5.41) is 2.20. The third kappa shape index (κ3) is 2.30. The second kappa shape index (κ2) is 4.95. The first-order valence-electron chi connectivity index (χ1n) is 6.96. The number of hydrogen-bond donors (Lipinski definition) is 1. The highest BCUT2D eigenvalue weighted by molar-refractivity contribution is 6.19. The van der Waals surface area contributed by atoms with Crippen LogP contribution in [0.2, 0.25) is 0 Å². The predicted octanol–water partition coefficient (Wildman–Crippen LogP) is 1.79. The Hall–Kier alpha value is -2.24. The molecule has 2 aliphatic rings. The van der Waals surface area contributed by atoms with Crippen molar-refractivity contribution in [1.29, 1.82) is 0 Å². The van der Waals surface area contributed by atoms with Gasteiger partial charge < -0.3 is 0 Å². The van der Waals surface area contributed by atoms with Crippen molar-refractivity contribution in [3.8, 4) is 0 Å². The van der Waals surface area contributed by atoms with Gasteiger partial charge in [-0.3, -0.25) is 19.8 Å². The Morgan fingerprint density at radius 2 is 2.10 bits per heavy atom. The number of carbonyl (C=O) groups excluding carboxylic acids is 3. The fraction of sp³-hybridized carbons (Fsp3) is 0.400. The molecule has 1 aromatic carbocycles. The van der Waals surface area contributed by atoms with Crippen LogP contribution in [-0.4, -0.2) is 28.8 Å². The monoisotopic (exact) mass is 290 g/mol. The van der Waals surface area contributed by atoms with E-state index in [0.717, 1.165) is 23.8 Å². The zero-order chi connectivity index (χ0) is 15.1. The van der Waals surface area contributed by atoms with Crippen molar-refractivity contribution < 1.29 is 18.8 Å². The number of nitrogens with zero attached hydrogens (tertiary/aromatic N) is 1. The lowest BCUT2D eigenvalue weighted by molar-refractivity contribution is -0.139. The topological polar surface area (TPSA) is 66.5 Å². The van der Waals surface area contributed by atoms with Crippen LogP contribution >= 0.6 is 0 Å². The summed E-state index contributed by atoms with van der Waals surface area (Å²) >= 11 is 0. The van der Waals surface area contributed by atoms with Crippen LogP contribution in [0.4, 0.5) is 9.18 Å². The molecule has 1 saturated heterocycles. The second-order valence-electron chi connectivity index (χ2n) is 5.46. The van der Waals surface area contributed by atoms with E-state index in [4.69, 9.17) is 0 Å². The molecule has 6 heteroatoms. The minimum absolute atomic E-state index is 0.147. The molecular weight excluding hydrogens is 275 g/mol. The van der Waals surface area contributed by atoms with Crippen LogP contribution < -0.4 is 5.32 Å². The molecule has 2 fully saturated rings. The fourth-order valence-electron chi connectivity index (χ4n) is 2.87. The number of nitrogens with one attached hydrogen (secondary N) is 1. The van der Waals surface area contributed by atoms with Crippen molar-refractivity contribution in [2.24, 2.45) is 5.92 Å². The average molecular weight is 290 g/mol. The molecule has 21 heavy (non-hydrogen) atoms.